The van der Waals surface area contributed by atoms with Crippen molar-refractivity contribution < 1.29 is 19.8 Å². The predicted octanol–water partition coefficient (Wildman–Crippen LogP) is 3.48. The molecule has 0 bridgehead atoms. The van der Waals surface area contributed by atoms with Crippen LogP contribution in [-0.2, 0) is 9.59 Å². The lowest BCUT2D eigenvalue weighted by molar-refractivity contribution is -0.128. The van der Waals surface area contributed by atoms with Crippen molar-refractivity contribution in [2.75, 3.05) is 14.1 Å². The Morgan fingerprint density at radius 2 is 1.93 bits per heavy atom. The van der Waals surface area contributed by atoms with Crippen molar-refractivity contribution in [3.63, 3.8) is 0 Å². The molecule has 3 aliphatic carbocycles. The van der Waals surface area contributed by atoms with Crippen LogP contribution in [0.1, 0.15) is 77.0 Å². The zero-order chi connectivity index (χ0) is 21.0. The molecule has 0 saturated heterocycles. The van der Waals surface area contributed by atoms with E-state index in [0.717, 1.165) is 38.5 Å². The summed E-state index contributed by atoms with van der Waals surface area (Å²) in [5, 5.41) is 21.3. The summed E-state index contributed by atoms with van der Waals surface area (Å²) in [6.45, 7) is 0. The Balaban J connectivity index is 1.44. The van der Waals surface area contributed by atoms with E-state index in [1.54, 1.807) is 19.0 Å². The van der Waals surface area contributed by atoms with E-state index in [1.807, 2.05) is 0 Å². The van der Waals surface area contributed by atoms with Crippen molar-refractivity contribution in [3.05, 3.63) is 11.6 Å². The largest absolute Gasteiger partial charge is 0.393 e. The van der Waals surface area contributed by atoms with E-state index in [2.05, 4.69) is 6.08 Å². The average Bonchev–Trinajstić information content (AvgIpc) is 3.34. The molecule has 0 radical (unpaired) electrons. The summed E-state index contributed by atoms with van der Waals surface area (Å²) in [4.78, 5) is 25.7. The number of carbonyl (C=O) groups is 2. The quantitative estimate of drug-likeness (QED) is 0.431. The summed E-state index contributed by atoms with van der Waals surface area (Å²) < 4.78 is 0. The maximum absolute atomic E-state index is 12.4. The van der Waals surface area contributed by atoms with Crippen LogP contribution in [0.2, 0.25) is 0 Å². The van der Waals surface area contributed by atoms with Crippen molar-refractivity contribution >= 4 is 11.7 Å². The zero-order valence-electron chi connectivity index (χ0n) is 18.2. The van der Waals surface area contributed by atoms with Gasteiger partial charge in [0, 0.05) is 39.3 Å². The second kappa shape index (κ2) is 10.2. The molecule has 5 atom stereocenters. The van der Waals surface area contributed by atoms with Crippen LogP contribution in [0.25, 0.3) is 0 Å². The van der Waals surface area contributed by atoms with Crippen LogP contribution in [0, 0.1) is 23.7 Å². The summed E-state index contributed by atoms with van der Waals surface area (Å²) >= 11 is 0. The molecule has 0 aromatic carbocycles. The predicted molar refractivity (Wildman–Crippen MR) is 113 cm³/mol. The third-order valence-electron chi connectivity index (χ3n) is 7.46. The first-order chi connectivity index (χ1) is 13.8. The number of rotatable bonds is 10. The number of carbonyl (C=O) groups excluding carboxylic acids is 2. The fourth-order valence-electron chi connectivity index (χ4n) is 5.90. The van der Waals surface area contributed by atoms with E-state index in [9.17, 15) is 19.8 Å². The molecule has 3 aliphatic rings. The molecule has 164 valence electrons. The molecule has 0 spiro atoms. The maximum atomic E-state index is 12.4. The summed E-state index contributed by atoms with van der Waals surface area (Å²) in [6.07, 6.45) is 11.7. The summed E-state index contributed by atoms with van der Waals surface area (Å²) in [7, 11) is 3.58. The Bertz CT molecular complexity index is 608. The van der Waals surface area contributed by atoms with Crippen molar-refractivity contribution in [1.29, 1.82) is 0 Å². The number of unbranched alkanes of at least 4 members (excludes halogenated alkanes) is 1. The van der Waals surface area contributed by atoms with E-state index in [1.165, 1.54) is 18.4 Å². The van der Waals surface area contributed by atoms with Crippen LogP contribution in [0.3, 0.4) is 0 Å². The number of aliphatic hydroxyl groups excluding tert-OH is 2. The van der Waals surface area contributed by atoms with E-state index >= 15 is 0 Å². The van der Waals surface area contributed by atoms with E-state index in [0.29, 0.717) is 31.1 Å². The third kappa shape index (κ3) is 5.91. The normalized spacial score (nSPS) is 30.3. The van der Waals surface area contributed by atoms with Gasteiger partial charge in [0.05, 0.1) is 12.2 Å². The van der Waals surface area contributed by atoms with Gasteiger partial charge in [-0.05, 0) is 49.9 Å². The molecule has 0 heterocycles. The molecule has 1 amide bonds. The fraction of sp³-hybridized carbons (Fsp3) is 0.833. The standard InChI is InChI=1S/C24H39NO4/c1-25(2)23(29)10-6-5-9-17-11-18-14-21(27)24(20(18)13-17)22(28)15-19(26)12-16-7-3-4-8-16/h11,16,18,20-22,24,27-28H,3-10,12-15H2,1-2H3/t18-,20-,21+,22-,24+/m0/s1. The van der Waals surface area contributed by atoms with Crippen molar-refractivity contribution in [2.24, 2.45) is 23.7 Å². The minimum Gasteiger partial charge on any atom is -0.393 e. The smallest absolute Gasteiger partial charge is 0.222 e. The van der Waals surface area contributed by atoms with E-state index in [4.69, 9.17) is 0 Å². The summed E-state index contributed by atoms with van der Waals surface area (Å²) in [6, 6.07) is 0. The molecule has 3 rings (SSSR count). The highest BCUT2D eigenvalue weighted by atomic mass is 16.3. The molecule has 2 N–H and O–H groups in total. The van der Waals surface area contributed by atoms with Gasteiger partial charge in [0.1, 0.15) is 5.78 Å². The molecular formula is C24H39NO4. The van der Waals surface area contributed by atoms with Gasteiger partial charge in [0.25, 0.3) is 0 Å². The molecule has 0 unspecified atom stereocenters. The minimum absolute atomic E-state index is 0.164. The monoisotopic (exact) mass is 405 g/mol. The topological polar surface area (TPSA) is 77.8 Å². The van der Waals surface area contributed by atoms with Crippen LogP contribution in [0.5, 0.6) is 0 Å². The summed E-state index contributed by atoms with van der Waals surface area (Å²) in [5.41, 5.74) is 1.40. The van der Waals surface area contributed by atoms with Crippen LogP contribution in [0.4, 0.5) is 0 Å². The van der Waals surface area contributed by atoms with Gasteiger partial charge in [-0.1, -0.05) is 37.3 Å². The SMILES string of the molecule is CN(C)C(=O)CCCCC1=C[C@H]2C[C@@H](O)[C@H]([C@@H](O)CC(=O)CC3CCCC3)[C@H]2C1. The molecule has 5 nitrogen and oxygen atoms in total. The lowest BCUT2D eigenvalue weighted by Crippen LogP contribution is -2.34. The number of hydrogen-bond acceptors (Lipinski definition) is 4. The second-order valence-corrected chi connectivity index (χ2v) is 9.90. The lowest BCUT2D eigenvalue weighted by atomic mass is 9.82. The molecular weight excluding hydrogens is 366 g/mol. The second-order valence-electron chi connectivity index (χ2n) is 9.90. The Kier molecular flexibility index (Phi) is 7.92. The van der Waals surface area contributed by atoms with E-state index < -0.39 is 12.2 Å². The first-order valence-electron chi connectivity index (χ1n) is 11.6. The highest BCUT2D eigenvalue weighted by molar-refractivity contribution is 5.79. The number of nitrogens with zero attached hydrogens (tertiary/aromatic N) is 1. The van der Waals surface area contributed by atoms with Gasteiger partial charge in [0.15, 0.2) is 0 Å². The van der Waals surface area contributed by atoms with Gasteiger partial charge in [0.2, 0.25) is 5.91 Å². The van der Waals surface area contributed by atoms with Crippen molar-refractivity contribution in [1.82, 2.24) is 4.90 Å². The molecule has 0 aromatic rings. The van der Waals surface area contributed by atoms with Crippen LogP contribution in [-0.4, -0.2) is 53.1 Å². The lowest BCUT2D eigenvalue weighted by Gasteiger charge is -2.27. The number of amides is 1. The number of allylic oxidation sites excluding steroid dienone is 2. The van der Waals surface area contributed by atoms with Gasteiger partial charge < -0.3 is 15.1 Å². The average molecular weight is 406 g/mol. The molecule has 29 heavy (non-hydrogen) atoms. The molecule has 5 heteroatoms. The van der Waals surface area contributed by atoms with Crippen molar-refractivity contribution in [3.8, 4) is 0 Å². The maximum Gasteiger partial charge on any atom is 0.222 e. The van der Waals surface area contributed by atoms with Gasteiger partial charge in [-0.2, -0.15) is 0 Å². The van der Waals surface area contributed by atoms with Gasteiger partial charge in [-0.25, -0.2) is 0 Å². The molecule has 0 aliphatic heterocycles. The number of fused-ring (bicyclic) bond motifs is 1. The number of ketones is 1. The minimum atomic E-state index is -0.723. The van der Waals surface area contributed by atoms with Gasteiger partial charge in [-0.3, -0.25) is 9.59 Å². The Labute approximate surface area is 175 Å². The van der Waals surface area contributed by atoms with Gasteiger partial charge >= 0.3 is 0 Å². The first-order valence-corrected chi connectivity index (χ1v) is 11.6. The van der Waals surface area contributed by atoms with Crippen molar-refractivity contribution in [2.45, 2.75) is 89.3 Å². The summed E-state index contributed by atoms with van der Waals surface area (Å²) in [5.74, 6) is 1.25. The number of Topliss-reactive ketones (excluding diaryl/α,β-unsaturated/α-hetero) is 1. The third-order valence-corrected chi connectivity index (χ3v) is 7.46. The van der Waals surface area contributed by atoms with Gasteiger partial charge in [-0.15, -0.1) is 0 Å². The van der Waals surface area contributed by atoms with Crippen LogP contribution in [0.15, 0.2) is 11.6 Å². The molecule has 2 fully saturated rings. The fourth-order valence-corrected chi connectivity index (χ4v) is 5.90. The van der Waals surface area contributed by atoms with Crippen LogP contribution >= 0.6 is 0 Å². The van der Waals surface area contributed by atoms with E-state index in [-0.39, 0.29) is 29.9 Å². The zero-order valence-corrected chi connectivity index (χ0v) is 18.2. The Morgan fingerprint density at radius 1 is 1.21 bits per heavy atom. The highest BCUT2D eigenvalue weighted by Crippen LogP contribution is 2.49. The Hall–Kier alpha value is -1.20. The van der Waals surface area contributed by atoms with Crippen LogP contribution < -0.4 is 0 Å². The number of aliphatic hydroxyl groups is 2. The molecule has 0 aromatic heterocycles. The Morgan fingerprint density at radius 3 is 2.62 bits per heavy atom. The highest BCUT2D eigenvalue weighted by Gasteiger charge is 2.47. The first kappa shape index (κ1) is 22.5. The number of hydrogen-bond donors (Lipinski definition) is 2. The molecule has 2 saturated carbocycles.